The van der Waals surface area contributed by atoms with Crippen molar-refractivity contribution in [2.45, 2.75) is 6.42 Å². The number of anilines is 1. The number of para-hydroxylation sites is 1. The maximum absolute atomic E-state index is 12.1. The van der Waals surface area contributed by atoms with E-state index in [0.29, 0.717) is 11.7 Å². The summed E-state index contributed by atoms with van der Waals surface area (Å²) in [6.45, 7) is 0.332. The fourth-order valence-electron chi connectivity index (χ4n) is 2.77. The van der Waals surface area contributed by atoms with Crippen LogP contribution in [0.4, 0.5) is 5.13 Å². The zero-order valence-corrected chi connectivity index (χ0v) is 15.4. The lowest BCUT2D eigenvalue weighted by atomic mass is 10.1. The van der Waals surface area contributed by atoms with Crippen LogP contribution < -0.4 is 10.1 Å². The van der Waals surface area contributed by atoms with Gasteiger partial charge in [-0.2, -0.15) is 0 Å². The molecule has 3 aromatic carbocycles. The number of benzene rings is 3. The van der Waals surface area contributed by atoms with E-state index >= 15 is 0 Å². The minimum Gasteiger partial charge on any atom is -0.493 e. The third-order valence-corrected chi connectivity index (χ3v) is 4.89. The molecule has 5 heteroatoms. The second-order valence-corrected chi connectivity index (χ2v) is 6.92. The Bertz CT molecular complexity index is 1060. The number of fused-ring (bicyclic) bond motifs is 1. The topological polar surface area (TPSA) is 51.2 Å². The summed E-state index contributed by atoms with van der Waals surface area (Å²) in [5, 5.41) is 7.77. The normalized spacial score (nSPS) is 10.7. The lowest BCUT2D eigenvalue weighted by Crippen LogP contribution is -2.15. The maximum atomic E-state index is 12.1. The van der Waals surface area contributed by atoms with Gasteiger partial charge in [-0.25, -0.2) is 4.98 Å². The number of ether oxygens (including phenoxy) is 1. The van der Waals surface area contributed by atoms with Crippen LogP contribution in [0, 0.1) is 0 Å². The fourth-order valence-corrected chi connectivity index (χ4v) is 3.51. The van der Waals surface area contributed by atoms with E-state index in [9.17, 15) is 4.79 Å². The highest BCUT2D eigenvalue weighted by Gasteiger charge is 2.09. The van der Waals surface area contributed by atoms with Crippen molar-refractivity contribution in [1.29, 1.82) is 0 Å². The first-order valence-corrected chi connectivity index (χ1v) is 9.58. The van der Waals surface area contributed by atoms with Crippen LogP contribution in [0.15, 0.2) is 78.2 Å². The molecule has 1 N–H and O–H groups in total. The van der Waals surface area contributed by atoms with Gasteiger partial charge in [-0.1, -0.05) is 54.6 Å². The number of hydrogen-bond acceptors (Lipinski definition) is 4. The van der Waals surface area contributed by atoms with Crippen LogP contribution in [0.1, 0.15) is 6.42 Å². The van der Waals surface area contributed by atoms with Gasteiger partial charge in [0.05, 0.1) is 18.7 Å². The number of aromatic nitrogens is 1. The largest absolute Gasteiger partial charge is 0.493 e. The quantitative estimate of drug-likeness (QED) is 0.493. The lowest BCUT2D eigenvalue weighted by molar-refractivity contribution is -0.116. The number of amides is 1. The van der Waals surface area contributed by atoms with Crippen molar-refractivity contribution in [2.24, 2.45) is 0 Å². The van der Waals surface area contributed by atoms with E-state index in [2.05, 4.69) is 40.6 Å². The second-order valence-electron chi connectivity index (χ2n) is 6.06. The molecule has 4 nitrogen and oxygen atoms in total. The summed E-state index contributed by atoms with van der Waals surface area (Å²) in [6, 6.07) is 23.9. The highest BCUT2D eigenvalue weighted by atomic mass is 32.1. The molecule has 0 fully saturated rings. The predicted octanol–water partition coefficient (Wildman–Crippen LogP) is 5.37. The van der Waals surface area contributed by atoms with Crippen LogP contribution in [0.25, 0.3) is 22.0 Å². The number of nitrogens with zero attached hydrogens (tertiary/aromatic N) is 1. The Morgan fingerprint density at radius 1 is 0.963 bits per heavy atom. The van der Waals surface area contributed by atoms with Crippen LogP contribution in [0.5, 0.6) is 5.75 Å². The predicted molar refractivity (Wildman–Crippen MR) is 110 cm³/mol. The van der Waals surface area contributed by atoms with Gasteiger partial charge >= 0.3 is 0 Å². The summed E-state index contributed by atoms with van der Waals surface area (Å²) in [5.41, 5.74) is 1.90. The van der Waals surface area contributed by atoms with Crippen LogP contribution in [0.2, 0.25) is 0 Å². The number of thiazole rings is 1. The van der Waals surface area contributed by atoms with Crippen molar-refractivity contribution >= 4 is 33.1 Å². The van der Waals surface area contributed by atoms with E-state index in [1.54, 1.807) is 0 Å². The standard InChI is InChI=1S/C22H18N2O2S/c25-21(12-13-26-19-8-2-1-3-9-19)24-22-23-20(15-27-22)18-11-10-16-6-4-5-7-17(16)14-18/h1-11,14-15H,12-13H2,(H,23,24,25). The van der Waals surface area contributed by atoms with E-state index < -0.39 is 0 Å². The summed E-state index contributed by atoms with van der Waals surface area (Å²) in [5.74, 6) is 0.656. The van der Waals surface area contributed by atoms with Gasteiger partial charge in [0.15, 0.2) is 5.13 Å². The van der Waals surface area contributed by atoms with Gasteiger partial charge < -0.3 is 10.1 Å². The Labute approximate surface area is 161 Å². The molecule has 4 aromatic rings. The summed E-state index contributed by atoms with van der Waals surface area (Å²) < 4.78 is 5.55. The monoisotopic (exact) mass is 374 g/mol. The average molecular weight is 374 g/mol. The number of carbonyl (C=O) groups excluding carboxylic acids is 1. The van der Waals surface area contributed by atoms with Gasteiger partial charge in [-0.15, -0.1) is 11.3 Å². The highest BCUT2D eigenvalue weighted by Crippen LogP contribution is 2.27. The summed E-state index contributed by atoms with van der Waals surface area (Å²) in [6.07, 6.45) is 0.278. The number of rotatable bonds is 6. The Balaban J connectivity index is 1.36. The van der Waals surface area contributed by atoms with Gasteiger partial charge in [-0.3, -0.25) is 4.79 Å². The second kappa shape index (κ2) is 8.01. The average Bonchev–Trinajstić information content (AvgIpc) is 3.17. The molecule has 0 atom stereocenters. The molecular weight excluding hydrogens is 356 g/mol. The molecule has 1 aromatic heterocycles. The summed E-state index contributed by atoms with van der Waals surface area (Å²) in [7, 11) is 0. The van der Waals surface area contributed by atoms with Crippen LogP contribution in [0.3, 0.4) is 0 Å². The van der Waals surface area contributed by atoms with E-state index in [0.717, 1.165) is 17.0 Å². The SMILES string of the molecule is O=C(CCOc1ccccc1)Nc1nc(-c2ccc3ccccc3c2)cs1. The van der Waals surface area contributed by atoms with Gasteiger partial charge in [0.25, 0.3) is 0 Å². The first-order chi connectivity index (χ1) is 13.3. The number of carbonyl (C=O) groups is 1. The molecule has 0 aliphatic carbocycles. The van der Waals surface area contributed by atoms with Crippen molar-refractivity contribution < 1.29 is 9.53 Å². The maximum Gasteiger partial charge on any atom is 0.229 e. The zero-order chi connectivity index (χ0) is 18.5. The third-order valence-electron chi connectivity index (χ3n) is 4.14. The molecule has 0 unspecified atom stereocenters. The zero-order valence-electron chi connectivity index (χ0n) is 14.6. The molecule has 27 heavy (non-hydrogen) atoms. The van der Waals surface area contributed by atoms with E-state index in [1.165, 1.54) is 22.1 Å². The van der Waals surface area contributed by atoms with Crippen molar-refractivity contribution in [3.05, 3.63) is 78.2 Å². The van der Waals surface area contributed by atoms with E-state index in [4.69, 9.17) is 4.74 Å². The van der Waals surface area contributed by atoms with Crippen molar-refractivity contribution in [1.82, 2.24) is 4.98 Å². The first kappa shape index (κ1) is 17.2. The van der Waals surface area contributed by atoms with Crippen LogP contribution in [-0.4, -0.2) is 17.5 Å². The Hall–Kier alpha value is -3.18. The lowest BCUT2D eigenvalue weighted by Gasteiger charge is -2.05. The highest BCUT2D eigenvalue weighted by molar-refractivity contribution is 7.14. The van der Waals surface area contributed by atoms with E-state index in [1.807, 2.05) is 47.8 Å². The molecule has 1 amide bonds. The van der Waals surface area contributed by atoms with Crippen molar-refractivity contribution in [3.63, 3.8) is 0 Å². The smallest absolute Gasteiger partial charge is 0.229 e. The minimum atomic E-state index is -0.106. The number of nitrogens with one attached hydrogen (secondary N) is 1. The molecule has 0 saturated carbocycles. The van der Waals surface area contributed by atoms with E-state index in [-0.39, 0.29) is 12.3 Å². The third kappa shape index (κ3) is 4.33. The molecule has 134 valence electrons. The van der Waals surface area contributed by atoms with Gasteiger partial charge in [0.2, 0.25) is 5.91 Å². The van der Waals surface area contributed by atoms with Crippen molar-refractivity contribution in [3.8, 4) is 17.0 Å². The Morgan fingerprint density at radius 3 is 2.59 bits per heavy atom. The molecule has 0 spiro atoms. The molecule has 0 aliphatic heterocycles. The molecule has 0 radical (unpaired) electrons. The Morgan fingerprint density at radius 2 is 1.74 bits per heavy atom. The molecule has 0 bridgehead atoms. The van der Waals surface area contributed by atoms with Gasteiger partial charge in [0.1, 0.15) is 5.75 Å². The van der Waals surface area contributed by atoms with Gasteiger partial charge in [-0.05, 0) is 29.0 Å². The summed E-state index contributed by atoms with van der Waals surface area (Å²) >= 11 is 1.42. The first-order valence-electron chi connectivity index (χ1n) is 8.70. The molecule has 0 aliphatic rings. The Kier molecular flexibility index (Phi) is 5.12. The van der Waals surface area contributed by atoms with Crippen molar-refractivity contribution in [2.75, 3.05) is 11.9 Å². The van der Waals surface area contributed by atoms with Crippen LogP contribution >= 0.6 is 11.3 Å². The fraction of sp³-hybridized carbons (Fsp3) is 0.0909. The molecule has 4 rings (SSSR count). The molecule has 1 heterocycles. The van der Waals surface area contributed by atoms with Crippen LogP contribution in [-0.2, 0) is 4.79 Å². The number of hydrogen-bond donors (Lipinski definition) is 1. The molecule has 0 saturated heterocycles. The molecular formula is C22H18N2O2S. The minimum absolute atomic E-state index is 0.106. The summed E-state index contributed by atoms with van der Waals surface area (Å²) in [4.78, 5) is 16.6. The van der Waals surface area contributed by atoms with Gasteiger partial charge in [0, 0.05) is 10.9 Å².